The lowest BCUT2D eigenvalue weighted by Crippen LogP contribution is -2.12. The first-order chi connectivity index (χ1) is 13.1. The van der Waals surface area contributed by atoms with Gasteiger partial charge in [0, 0.05) is 12.4 Å². The van der Waals surface area contributed by atoms with Gasteiger partial charge in [-0.2, -0.15) is 0 Å². The molecule has 2 heterocycles. The third kappa shape index (κ3) is 3.31. The van der Waals surface area contributed by atoms with Gasteiger partial charge in [0.2, 0.25) is 0 Å². The smallest absolute Gasteiger partial charge is 0.269 e. The quantitative estimate of drug-likeness (QED) is 0.523. The number of rotatable bonds is 5. The van der Waals surface area contributed by atoms with Gasteiger partial charge < -0.3 is 4.74 Å². The molecule has 6 heteroatoms. The van der Waals surface area contributed by atoms with Crippen LogP contribution in [0.2, 0.25) is 0 Å². The Morgan fingerprint density at radius 3 is 2.44 bits per heavy atom. The van der Waals surface area contributed by atoms with E-state index in [0.717, 1.165) is 11.1 Å². The van der Waals surface area contributed by atoms with E-state index >= 15 is 0 Å². The summed E-state index contributed by atoms with van der Waals surface area (Å²) in [7, 11) is -3.72. The van der Waals surface area contributed by atoms with Crippen molar-refractivity contribution < 1.29 is 13.2 Å². The van der Waals surface area contributed by atoms with Crippen LogP contribution in [0.1, 0.15) is 11.1 Å². The van der Waals surface area contributed by atoms with Crippen molar-refractivity contribution in [1.29, 1.82) is 0 Å². The molecule has 4 rings (SSSR count). The summed E-state index contributed by atoms with van der Waals surface area (Å²) in [5.41, 5.74) is 2.39. The van der Waals surface area contributed by atoms with Gasteiger partial charge in [-0.1, -0.05) is 48.0 Å². The van der Waals surface area contributed by atoms with Crippen molar-refractivity contribution >= 4 is 21.1 Å². The number of aryl methyl sites for hydroxylation is 1. The van der Waals surface area contributed by atoms with Crippen LogP contribution in [-0.2, 0) is 16.6 Å². The van der Waals surface area contributed by atoms with Crippen molar-refractivity contribution in [2.45, 2.75) is 18.4 Å². The van der Waals surface area contributed by atoms with Crippen LogP contribution >= 0.6 is 0 Å². The third-order valence-corrected chi connectivity index (χ3v) is 6.01. The average molecular weight is 378 g/mol. The molecule has 0 aliphatic heterocycles. The number of pyridine rings is 1. The zero-order valence-electron chi connectivity index (χ0n) is 14.7. The summed E-state index contributed by atoms with van der Waals surface area (Å²) in [4.78, 5) is 4.49. The maximum atomic E-state index is 13.0. The predicted octanol–water partition coefficient (Wildman–Crippen LogP) is 4.16. The van der Waals surface area contributed by atoms with Gasteiger partial charge in [0.05, 0.1) is 10.3 Å². The molecule has 0 aliphatic carbocycles. The first-order valence-corrected chi connectivity index (χ1v) is 9.95. The lowest BCUT2D eigenvalue weighted by atomic mass is 10.2. The van der Waals surface area contributed by atoms with Crippen molar-refractivity contribution in [2.75, 3.05) is 0 Å². The summed E-state index contributed by atoms with van der Waals surface area (Å²) in [6.45, 7) is 2.31. The number of benzene rings is 2. The molecule has 2 aromatic heterocycles. The highest BCUT2D eigenvalue weighted by Crippen LogP contribution is 2.28. The number of ether oxygens (including phenoxy) is 1. The summed E-state index contributed by atoms with van der Waals surface area (Å²) in [6.07, 6.45) is 3.08. The van der Waals surface area contributed by atoms with E-state index in [1.807, 2.05) is 37.3 Å². The molecule has 0 fully saturated rings. The Morgan fingerprint density at radius 2 is 1.70 bits per heavy atom. The fourth-order valence-electron chi connectivity index (χ4n) is 2.87. The fourth-order valence-corrected chi connectivity index (χ4v) is 4.17. The molecule has 5 nitrogen and oxygen atoms in total. The minimum Gasteiger partial charge on any atom is -0.488 e. The van der Waals surface area contributed by atoms with E-state index in [-0.39, 0.29) is 4.90 Å². The van der Waals surface area contributed by atoms with Gasteiger partial charge in [-0.3, -0.25) is 0 Å². The van der Waals surface area contributed by atoms with Crippen LogP contribution in [-0.4, -0.2) is 17.4 Å². The van der Waals surface area contributed by atoms with Crippen LogP contribution in [0.4, 0.5) is 0 Å². The highest BCUT2D eigenvalue weighted by molar-refractivity contribution is 7.90. The first kappa shape index (κ1) is 17.3. The molecule has 0 saturated heterocycles. The minimum atomic E-state index is -3.72. The SMILES string of the molecule is Cc1ccc(S(=O)(=O)n2ccc3c(OCc4ccccc4)ccnc32)cc1. The van der Waals surface area contributed by atoms with E-state index in [1.165, 1.54) is 10.2 Å². The molecule has 0 N–H and O–H groups in total. The van der Waals surface area contributed by atoms with Crippen LogP contribution < -0.4 is 4.74 Å². The number of aromatic nitrogens is 2. The van der Waals surface area contributed by atoms with Crippen LogP contribution in [0.3, 0.4) is 0 Å². The highest BCUT2D eigenvalue weighted by Gasteiger charge is 2.20. The van der Waals surface area contributed by atoms with Crippen LogP contribution in [0.15, 0.2) is 84.0 Å². The van der Waals surface area contributed by atoms with Crippen LogP contribution in [0.25, 0.3) is 11.0 Å². The summed E-state index contributed by atoms with van der Waals surface area (Å²) in [5.74, 6) is 0.599. The molecule has 2 aromatic carbocycles. The highest BCUT2D eigenvalue weighted by atomic mass is 32.2. The Balaban J connectivity index is 1.71. The molecule has 0 radical (unpaired) electrons. The van der Waals surface area contributed by atoms with Crippen molar-refractivity contribution in [2.24, 2.45) is 0 Å². The second-order valence-corrected chi connectivity index (χ2v) is 8.07. The van der Waals surface area contributed by atoms with E-state index < -0.39 is 10.0 Å². The second kappa shape index (κ2) is 6.89. The number of fused-ring (bicyclic) bond motifs is 1. The van der Waals surface area contributed by atoms with Crippen LogP contribution in [0, 0.1) is 6.92 Å². The summed E-state index contributed by atoms with van der Waals surface area (Å²) in [5, 5.41) is 0.657. The van der Waals surface area contributed by atoms with E-state index in [2.05, 4.69) is 4.98 Å². The monoisotopic (exact) mass is 378 g/mol. The molecule has 0 atom stereocenters. The van der Waals surface area contributed by atoms with Crippen LogP contribution in [0.5, 0.6) is 5.75 Å². The average Bonchev–Trinajstić information content (AvgIpc) is 3.13. The van der Waals surface area contributed by atoms with E-state index in [0.29, 0.717) is 23.4 Å². The third-order valence-electron chi connectivity index (χ3n) is 4.33. The molecule has 27 heavy (non-hydrogen) atoms. The van der Waals surface area contributed by atoms with Crippen molar-refractivity contribution in [3.63, 3.8) is 0 Å². The molecule has 4 aromatic rings. The zero-order chi connectivity index (χ0) is 18.9. The van der Waals surface area contributed by atoms with E-state index in [4.69, 9.17) is 4.74 Å². The second-order valence-electron chi connectivity index (χ2n) is 6.25. The van der Waals surface area contributed by atoms with Crippen molar-refractivity contribution in [3.05, 3.63) is 90.3 Å². The number of hydrogen-bond acceptors (Lipinski definition) is 4. The van der Waals surface area contributed by atoms with Gasteiger partial charge in [-0.15, -0.1) is 0 Å². The standard InChI is InChI=1S/C21H18N2O3S/c1-16-7-9-18(10-8-16)27(24,25)23-14-12-19-20(11-13-22-21(19)23)26-15-17-5-3-2-4-6-17/h2-14H,15H2,1H3. The Kier molecular flexibility index (Phi) is 4.41. The normalized spacial score (nSPS) is 11.6. The van der Waals surface area contributed by atoms with Gasteiger partial charge in [0.15, 0.2) is 5.65 Å². The van der Waals surface area contributed by atoms with Gasteiger partial charge >= 0.3 is 0 Å². The summed E-state index contributed by atoms with van der Waals surface area (Å²) in [6, 6.07) is 20.0. The molecule has 0 aliphatic rings. The van der Waals surface area contributed by atoms with Gasteiger partial charge in [-0.05, 0) is 36.8 Å². The molecule has 0 amide bonds. The number of hydrogen-bond donors (Lipinski definition) is 0. The van der Waals surface area contributed by atoms with E-state index in [1.54, 1.807) is 42.6 Å². The topological polar surface area (TPSA) is 61.2 Å². The van der Waals surface area contributed by atoms with Gasteiger partial charge in [-0.25, -0.2) is 17.4 Å². The Morgan fingerprint density at radius 1 is 0.963 bits per heavy atom. The lowest BCUT2D eigenvalue weighted by Gasteiger charge is -2.09. The molecule has 0 bridgehead atoms. The van der Waals surface area contributed by atoms with Gasteiger partial charge in [0.25, 0.3) is 10.0 Å². The largest absolute Gasteiger partial charge is 0.488 e. The number of nitrogens with zero attached hydrogens (tertiary/aromatic N) is 2. The Labute approximate surface area is 157 Å². The molecular weight excluding hydrogens is 360 g/mol. The first-order valence-electron chi connectivity index (χ1n) is 8.51. The van der Waals surface area contributed by atoms with Gasteiger partial charge in [0.1, 0.15) is 12.4 Å². The molecule has 0 saturated carbocycles. The predicted molar refractivity (Wildman–Crippen MR) is 104 cm³/mol. The fraction of sp³-hybridized carbons (Fsp3) is 0.0952. The van der Waals surface area contributed by atoms with E-state index in [9.17, 15) is 8.42 Å². The minimum absolute atomic E-state index is 0.225. The molecule has 136 valence electrons. The van der Waals surface area contributed by atoms with Crippen molar-refractivity contribution in [3.8, 4) is 5.75 Å². The maximum absolute atomic E-state index is 13.0. The Bertz CT molecular complexity index is 1180. The molecule has 0 unspecified atom stereocenters. The summed E-state index contributed by atoms with van der Waals surface area (Å²) < 4.78 is 33.1. The zero-order valence-corrected chi connectivity index (χ0v) is 15.6. The maximum Gasteiger partial charge on any atom is 0.269 e. The molecule has 0 spiro atoms. The Hall–Kier alpha value is -3.12. The lowest BCUT2D eigenvalue weighted by molar-refractivity contribution is 0.310. The van der Waals surface area contributed by atoms with Crippen molar-refractivity contribution in [1.82, 2.24) is 8.96 Å². The molecular formula is C21H18N2O3S. The summed E-state index contributed by atoms with van der Waals surface area (Å²) >= 11 is 0.